The number of rotatable bonds is 5. The number of hydrogen-bond acceptors (Lipinski definition) is 4. The normalized spacial score (nSPS) is 17.2. The molecule has 1 aliphatic heterocycles. The lowest BCUT2D eigenvalue weighted by Gasteiger charge is -2.26. The predicted octanol–water partition coefficient (Wildman–Crippen LogP) is 1.72. The summed E-state index contributed by atoms with van der Waals surface area (Å²) in [6.07, 6.45) is 0. The lowest BCUT2D eigenvalue weighted by Crippen LogP contribution is -2.44. The van der Waals surface area contributed by atoms with E-state index in [2.05, 4.69) is 5.32 Å². The first-order valence-corrected chi connectivity index (χ1v) is 7.41. The van der Waals surface area contributed by atoms with Crippen LogP contribution >= 0.6 is 11.6 Å². The quantitative estimate of drug-likeness (QED) is 0.661. The minimum absolute atomic E-state index is 0.0532. The van der Waals surface area contributed by atoms with Gasteiger partial charge in [-0.2, -0.15) is 0 Å². The van der Waals surface area contributed by atoms with E-state index in [4.69, 9.17) is 11.6 Å². The van der Waals surface area contributed by atoms with Gasteiger partial charge >= 0.3 is 0 Å². The van der Waals surface area contributed by atoms with Crippen LogP contribution in [0.1, 0.15) is 5.56 Å². The molecule has 0 aliphatic carbocycles. The Morgan fingerprint density at radius 3 is 2.78 bits per heavy atom. The average molecular weight is 289 g/mol. The van der Waals surface area contributed by atoms with Crippen molar-refractivity contribution in [3.63, 3.8) is 0 Å². The molecule has 1 N–H and O–H groups in total. The van der Waals surface area contributed by atoms with Gasteiger partial charge in [0.2, 0.25) is 0 Å². The standard InChI is InChI=1S/C11H13ClN2O3S/c12-10-2-1-9(11(3-10)14(15)16)7-18(17)6-8-4-13-5-8/h1-3,8,13H,4-7H2. The van der Waals surface area contributed by atoms with Crippen LogP contribution in [0.3, 0.4) is 0 Å². The van der Waals surface area contributed by atoms with Crippen molar-refractivity contribution in [2.24, 2.45) is 5.92 Å². The lowest BCUT2D eigenvalue weighted by atomic mass is 10.1. The zero-order valence-corrected chi connectivity index (χ0v) is 11.2. The molecule has 0 bridgehead atoms. The van der Waals surface area contributed by atoms with Crippen LogP contribution in [0.2, 0.25) is 5.02 Å². The van der Waals surface area contributed by atoms with Crippen molar-refractivity contribution in [2.45, 2.75) is 5.75 Å². The highest BCUT2D eigenvalue weighted by Crippen LogP contribution is 2.24. The van der Waals surface area contributed by atoms with Gasteiger partial charge < -0.3 is 5.32 Å². The molecule has 0 aromatic heterocycles. The highest BCUT2D eigenvalue weighted by atomic mass is 35.5. The zero-order chi connectivity index (χ0) is 13.1. The molecule has 98 valence electrons. The van der Waals surface area contributed by atoms with Gasteiger partial charge in [-0.05, 0) is 18.1 Å². The third kappa shape index (κ3) is 3.28. The summed E-state index contributed by atoms with van der Waals surface area (Å²) < 4.78 is 11.9. The minimum Gasteiger partial charge on any atom is -0.316 e. The van der Waals surface area contributed by atoms with Crippen molar-refractivity contribution in [3.05, 3.63) is 38.9 Å². The summed E-state index contributed by atoms with van der Waals surface area (Å²) in [4.78, 5) is 10.4. The molecule has 1 heterocycles. The second-order valence-electron chi connectivity index (χ2n) is 4.31. The Bertz CT molecular complexity index is 491. The van der Waals surface area contributed by atoms with Crippen molar-refractivity contribution < 1.29 is 9.13 Å². The Hall–Kier alpha value is -0.980. The Balaban J connectivity index is 2.07. The number of halogens is 1. The van der Waals surface area contributed by atoms with E-state index in [9.17, 15) is 14.3 Å². The van der Waals surface area contributed by atoms with Crippen LogP contribution in [-0.2, 0) is 16.6 Å². The molecule has 0 spiro atoms. The fraction of sp³-hybridized carbons (Fsp3) is 0.455. The van der Waals surface area contributed by atoms with E-state index >= 15 is 0 Å². The number of benzene rings is 1. The van der Waals surface area contributed by atoms with Gasteiger partial charge in [0.05, 0.1) is 10.7 Å². The molecule has 5 nitrogen and oxygen atoms in total. The van der Waals surface area contributed by atoms with Crippen molar-refractivity contribution in [2.75, 3.05) is 18.8 Å². The maximum atomic E-state index is 11.9. The monoisotopic (exact) mass is 288 g/mol. The van der Waals surface area contributed by atoms with E-state index in [1.807, 2.05) is 0 Å². The summed E-state index contributed by atoms with van der Waals surface area (Å²) in [5.41, 5.74) is 0.428. The molecule has 1 unspecified atom stereocenters. The second kappa shape index (κ2) is 5.77. The third-order valence-corrected chi connectivity index (χ3v) is 4.56. The maximum absolute atomic E-state index is 11.9. The van der Waals surface area contributed by atoms with Crippen molar-refractivity contribution >= 4 is 28.1 Å². The first-order chi connectivity index (χ1) is 8.56. The number of hydrogen-bond donors (Lipinski definition) is 1. The van der Waals surface area contributed by atoms with E-state index in [1.54, 1.807) is 12.1 Å². The van der Waals surface area contributed by atoms with E-state index in [0.717, 1.165) is 13.1 Å². The summed E-state index contributed by atoms with van der Waals surface area (Å²) in [6, 6.07) is 4.47. The largest absolute Gasteiger partial charge is 0.316 e. The molecular formula is C11H13ClN2O3S. The van der Waals surface area contributed by atoms with Crippen LogP contribution < -0.4 is 5.32 Å². The van der Waals surface area contributed by atoms with Crippen molar-refractivity contribution in [3.8, 4) is 0 Å². The Labute approximate surface area is 112 Å². The first kappa shape index (κ1) is 13.5. The van der Waals surface area contributed by atoms with Gasteiger partial charge in [-0.1, -0.05) is 11.6 Å². The fourth-order valence-corrected chi connectivity index (χ4v) is 3.43. The molecular weight excluding hydrogens is 276 g/mol. The molecule has 1 aromatic rings. The highest BCUT2D eigenvalue weighted by Gasteiger charge is 2.22. The Kier molecular flexibility index (Phi) is 4.31. The average Bonchev–Trinajstić information content (AvgIpc) is 2.26. The van der Waals surface area contributed by atoms with Gasteiger partial charge in [0.15, 0.2) is 0 Å². The molecule has 7 heteroatoms. The molecule has 0 amide bonds. The molecule has 0 radical (unpaired) electrons. The molecule has 1 aromatic carbocycles. The van der Waals surface area contributed by atoms with Crippen LogP contribution in [-0.4, -0.2) is 28.0 Å². The fourth-order valence-electron chi connectivity index (χ4n) is 1.79. The number of nitro groups is 1. The van der Waals surface area contributed by atoms with Gasteiger partial charge in [-0.3, -0.25) is 14.3 Å². The summed E-state index contributed by atoms with van der Waals surface area (Å²) in [7, 11) is -1.07. The molecule has 0 saturated carbocycles. The van der Waals surface area contributed by atoms with Crippen molar-refractivity contribution in [1.29, 1.82) is 0 Å². The topological polar surface area (TPSA) is 72.2 Å². The van der Waals surface area contributed by atoms with E-state index in [-0.39, 0.29) is 11.4 Å². The molecule has 18 heavy (non-hydrogen) atoms. The third-order valence-electron chi connectivity index (χ3n) is 2.85. The van der Waals surface area contributed by atoms with Gasteiger partial charge in [0.25, 0.3) is 5.69 Å². The van der Waals surface area contributed by atoms with Gasteiger partial charge in [-0.15, -0.1) is 0 Å². The predicted molar refractivity (Wildman–Crippen MR) is 71.2 cm³/mol. The van der Waals surface area contributed by atoms with E-state index in [0.29, 0.717) is 22.3 Å². The van der Waals surface area contributed by atoms with Gasteiger partial charge in [0, 0.05) is 46.3 Å². The SMILES string of the molecule is O=[N+]([O-])c1cc(Cl)ccc1CS(=O)CC1CNC1. The van der Waals surface area contributed by atoms with Gasteiger partial charge in [0.1, 0.15) is 0 Å². The van der Waals surface area contributed by atoms with E-state index in [1.165, 1.54) is 6.07 Å². The molecule has 1 atom stereocenters. The van der Waals surface area contributed by atoms with E-state index < -0.39 is 15.7 Å². The summed E-state index contributed by atoms with van der Waals surface area (Å²) in [6.45, 7) is 1.77. The minimum atomic E-state index is -1.07. The maximum Gasteiger partial charge on any atom is 0.275 e. The Morgan fingerprint density at radius 2 is 2.22 bits per heavy atom. The number of nitrogens with zero attached hydrogens (tertiary/aromatic N) is 1. The number of nitrogens with one attached hydrogen (secondary N) is 1. The van der Waals surface area contributed by atoms with Crippen LogP contribution in [0.5, 0.6) is 0 Å². The molecule has 1 aliphatic rings. The zero-order valence-electron chi connectivity index (χ0n) is 9.60. The highest BCUT2D eigenvalue weighted by molar-refractivity contribution is 7.84. The second-order valence-corrected chi connectivity index (χ2v) is 6.24. The first-order valence-electron chi connectivity index (χ1n) is 5.55. The van der Waals surface area contributed by atoms with Crippen molar-refractivity contribution in [1.82, 2.24) is 5.32 Å². The Morgan fingerprint density at radius 1 is 1.50 bits per heavy atom. The van der Waals surface area contributed by atoms with Crippen LogP contribution in [0, 0.1) is 16.0 Å². The summed E-state index contributed by atoms with van der Waals surface area (Å²) in [5, 5.41) is 14.3. The van der Waals surface area contributed by atoms with Crippen LogP contribution in [0.4, 0.5) is 5.69 Å². The molecule has 1 fully saturated rings. The molecule has 2 rings (SSSR count). The molecule has 1 saturated heterocycles. The summed E-state index contributed by atoms with van der Waals surface area (Å²) in [5.74, 6) is 1.23. The number of nitro benzene ring substituents is 1. The van der Waals surface area contributed by atoms with Crippen LogP contribution in [0.15, 0.2) is 18.2 Å². The van der Waals surface area contributed by atoms with Gasteiger partial charge in [-0.25, -0.2) is 0 Å². The summed E-state index contributed by atoms with van der Waals surface area (Å²) >= 11 is 5.72. The van der Waals surface area contributed by atoms with Crippen LogP contribution in [0.25, 0.3) is 0 Å². The lowest BCUT2D eigenvalue weighted by molar-refractivity contribution is -0.385. The smallest absolute Gasteiger partial charge is 0.275 e.